The molecule has 90 valence electrons. The fraction of sp³-hybridized carbons (Fsp3) is 0.286. The summed E-state index contributed by atoms with van der Waals surface area (Å²) >= 11 is 0. The van der Waals surface area contributed by atoms with Crippen LogP contribution in [0, 0.1) is 0 Å². The van der Waals surface area contributed by atoms with E-state index < -0.39 is 6.10 Å². The Kier molecular flexibility index (Phi) is 3.61. The molecule has 0 aliphatic carbocycles. The molecule has 0 amide bonds. The SMILES string of the molecule is CC(CN)c1cccc(C(O)c2cc[nH]c2)c1. The number of aliphatic hydroxyl groups excluding tert-OH is 1. The number of aromatic amines is 1. The van der Waals surface area contributed by atoms with Crippen LogP contribution < -0.4 is 5.73 Å². The van der Waals surface area contributed by atoms with Crippen LogP contribution in [-0.4, -0.2) is 16.6 Å². The molecule has 1 aromatic heterocycles. The van der Waals surface area contributed by atoms with Crippen molar-refractivity contribution in [3.63, 3.8) is 0 Å². The van der Waals surface area contributed by atoms with Crippen LogP contribution >= 0.6 is 0 Å². The summed E-state index contributed by atoms with van der Waals surface area (Å²) in [5, 5.41) is 10.2. The molecule has 2 atom stereocenters. The molecule has 0 fully saturated rings. The third kappa shape index (κ3) is 2.57. The first-order valence-electron chi connectivity index (χ1n) is 5.83. The number of H-pyrrole nitrogens is 1. The van der Waals surface area contributed by atoms with Gasteiger partial charge in [0, 0.05) is 18.0 Å². The number of hydrogen-bond acceptors (Lipinski definition) is 2. The highest BCUT2D eigenvalue weighted by Crippen LogP contribution is 2.24. The minimum absolute atomic E-state index is 0.313. The molecular weight excluding hydrogens is 212 g/mol. The van der Waals surface area contributed by atoms with Gasteiger partial charge in [-0.25, -0.2) is 0 Å². The molecule has 0 bridgehead atoms. The van der Waals surface area contributed by atoms with Crippen molar-refractivity contribution in [3.05, 3.63) is 59.4 Å². The molecule has 3 heteroatoms. The lowest BCUT2D eigenvalue weighted by Gasteiger charge is -2.14. The number of benzene rings is 1. The molecule has 2 rings (SSSR count). The Morgan fingerprint density at radius 3 is 2.65 bits per heavy atom. The number of hydrogen-bond donors (Lipinski definition) is 3. The lowest BCUT2D eigenvalue weighted by atomic mass is 9.96. The van der Waals surface area contributed by atoms with Gasteiger partial charge in [-0.1, -0.05) is 31.2 Å². The van der Waals surface area contributed by atoms with E-state index in [0.717, 1.165) is 11.1 Å². The maximum Gasteiger partial charge on any atom is 0.106 e. The number of aliphatic hydroxyl groups is 1. The van der Waals surface area contributed by atoms with Gasteiger partial charge >= 0.3 is 0 Å². The monoisotopic (exact) mass is 230 g/mol. The zero-order valence-electron chi connectivity index (χ0n) is 9.93. The van der Waals surface area contributed by atoms with Crippen molar-refractivity contribution in [1.29, 1.82) is 0 Å². The summed E-state index contributed by atoms with van der Waals surface area (Å²) in [5.41, 5.74) is 8.61. The zero-order valence-corrected chi connectivity index (χ0v) is 9.93. The third-order valence-electron chi connectivity index (χ3n) is 3.09. The van der Waals surface area contributed by atoms with Gasteiger partial charge in [0.15, 0.2) is 0 Å². The van der Waals surface area contributed by atoms with E-state index in [-0.39, 0.29) is 0 Å². The molecule has 0 saturated carbocycles. The Hall–Kier alpha value is -1.58. The van der Waals surface area contributed by atoms with Crippen LogP contribution in [0.1, 0.15) is 35.6 Å². The Morgan fingerprint density at radius 2 is 2.00 bits per heavy atom. The molecule has 0 saturated heterocycles. The predicted octanol–water partition coefficient (Wildman–Crippen LogP) is 2.16. The zero-order chi connectivity index (χ0) is 12.3. The Balaban J connectivity index is 2.27. The fourth-order valence-corrected chi connectivity index (χ4v) is 1.87. The summed E-state index contributed by atoms with van der Waals surface area (Å²) in [6.07, 6.45) is 3.04. The largest absolute Gasteiger partial charge is 0.384 e. The highest BCUT2D eigenvalue weighted by molar-refractivity contribution is 5.33. The average molecular weight is 230 g/mol. The molecule has 1 aromatic carbocycles. The van der Waals surface area contributed by atoms with Crippen LogP contribution in [-0.2, 0) is 0 Å². The molecule has 17 heavy (non-hydrogen) atoms. The van der Waals surface area contributed by atoms with Crippen molar-refractivity contribution in [3.8, 4) is 0 Å². The maximum absolute atomic E-state index is 10.2. The van der Waals surface area contributed by atoms with Gasteiger partial charge < -0.3 is 15.8 Å². The van der Waals surface area contributed by atoms with Gasteiger partial charge in [-0.2, -0.15) is 0 Å². The third-order valence-corrected chi connectivity index (χ3v) is 3.09. The normalized spacial score (nSPS) is 14.5. The van der Waals surface area contributed by atoms with E-state index in [0.29, 0.717) is 12.5 Å². The first-order chi connectivity index (χ1) is 8.22. The molecule has 0 radical (unpaired) electrons. The highest BCUT2D eigenvalue weighted by atomic mass is 16.3. The summed E-state index contributed by atoms with van der Waals surface area (Å²) in [7, 11) is 0. The second-order valence-corrected chi connectivity index (χ2v) is 4.35. The van der Waals surface area contributed by atoms with Crippen LogP contribution in [0.15, 0.2) is 42.7 Å². The highest BCUT2D eigenvalue weighted by Gasteiger charge is 2.12. The van der Waals surface area contributed by atoms with Crippen molar-refractivity contribution in [1.82, 2.24) is 4.98 Å². The van der Waals surface area contributed by atoms with Crippen molar-refractivity contribution in [2.24, 2.45) is 5.73 Å². The smallest absolute Gasteiger partial charge is 0.106 e. The summed E-state index contributed by atoms with van der Waals surface area (Å²) in [6, 6.07) is 9.85. The lowest BCUT2D eigenvalue weighted by molar-refractivity contribution is 0.220. The number of nitrogens with two attached hydrogens (primary N) is 1. The van der Waals surface area contributed by atoms with Crippen molar-refractivity contribution in [2.45, 2.75) is 18.9 Å². The second-order valence-electron chi connectivity index (χ2n) is 4.35. The summed E-state index contributed by atoms with van der Waals surface area (Å²) in [4.78, 5) is 2.95. The van der Waals surface area contributed by atoms with E-state index in [1.165, 1.54) is 5.56 Å². The Bertz CT molecular complexity index is 465. The van der Waals surface area contributed by atoms with Crippen molar-refractivity contribution < 1.29 is 5.11 Å². The van der Waals surface area contributed by atoms with Crippen LogP contribution in [0.2, 0.25) is 0 Å². The van der Waals surface area contributed by atoms with E-state index in [4.69, 9.17) is 5.73 Å². The first kappa shape index (κ1) is 11.9. The van der Waals surface area contributed by atoms with E-state index >= 15 is 0 Å². The van der Waals surface area contributed by atoms with Gasteiger partial charge in [0.2, 0.25) is 0 Å². The standard InChI is InChI=1S/C14H18N2O/c1-10(8-15)11-3-2-4-12(7-11)14(17)13-5-6-16-9-13/h2-7,9-10,14,16-17H,8,15H2,1H3. The molecule has 4 N–H and O–H groups in total. The van der Waals surface area contributed by atoms with E-state index in [2.05, 4.69) is 11.9 Å². The molecule has 0 aliphatic rings. The minimum atomic E-state index is -0.578. The van der Waals surface area contributed by atoms with Crippen molar-refractivity contribution in [2.75, 3.05) is 6.54 Å². The summed E-state index contributed by atoms with van der Waals surface area (Å²) in [6.45, 7) is 2.70. The topological polar surface area (TPSA) is 62.0 Å². The molecular formula is C14H18N2O. The average Bonchev–Trinajstić information content (AvgIpc) is 2.91. The van der Waals surface area contributed by atoms with Gasteiger partial charge in [-0.15, -0.1) is 0 Å². The minimum Gasteiger partial charge on any atom is -0.384 e. The van der Waals surface area contributed by atoms with E-state index in [1.807, 2.05) is 42.7 Å². The lowest BCUT2D eigenvalue weighted by Crippen LogP contribution is -2.09. The predicted molar refractivity (Wildman–Crippen MR) is 68.8 cm³/mol. The van der Waals surface area contributed by atoms with Gasteiger partial charge in [0.1, 0.15) is 6.10 Å². The molecule has 0 aliphatic heterocycles. The molecule has 3 nitrogen and oxygen atoms in total. The van der Waals surface area contributed by atoms with Crippen molar-refractivity contribution >= 4 is 0 Å². The fourth-order valence-electron chi connectivity index (χ4n) is 1.87. The number of aromatic nitrogens is 1. The quantitative estimate of drug-likeness (QED) is 0.753. The Morgan fingerprint density at radius 1 is 1.24 bits per heavy atom. The van der Waals surface area contributed by atoms with Gasteiger partial charge in [-0.3, -0.25) is 0 Å². The summed E-state index contributed by atoms with van der Waals surface area (Å²) < 4.78 is 0. The van der Waals surface area contributed by atoms with Crippen LogP contribution in [0.5, 0.6) is 0 Å². The van der Waals surface area contributed by atoms with Crippen LogP contribution in [0.25, 0.3) is 0 Å². The van der Waals surface area contributed by atoms with E-state index in [9.17, 15) is 5.11 Å². The van der Waals surface area contributed by atoms with Crippen LogP contribution in [0.3, 0.4) is 0 Å². The maximum atomic E-state index is 10.2. The molecule has 2 unspecified atom stereocenters. The van der Waals surface area contributed by atoms with Crippen LogP contribution in [0.4, 0.5) is 0 Å². The Labute approximate surface area is 101 Å². The summed E-state index contributed by atoms with van der Waals surface area (Å²) in [5.74, 6) is 0.313. The van der Waals surface area contributed by atoms with Gasteiger partial charge in [0.05, 0.1) is 0 Å². The van der Waals surface area contributed by atoms with E-state index in [1.54, 1.807) is 0 Å². The molecule has 0 spiro atoms. The first-order valence-corrected chi connectivity index (χ1v) is 5.83. The second kappa shape index (κ2) is 5.17. The molecule has 1 heterocycles. The van der Waals surface area contributed by atoms with Gasteiger partial charge in [-0.05, 0) is 29.7 Å². The van der Waals surface area contributed by atoms with Gasteiger partial charge in [0.25, 0.3) is 0 Å². The number of rotatable bonds is 4. The molecule has 2 aromatic rings. The number of nitrogens with one attached hydrogen (secondary N) is 1.